The summed E-state index contributed by atoms with van der Waals surface area (Å²) in [7, 11) is 0. The van der Waals surface area contributed by atoms with Crippen LogP contribution in [0.5, 0.6) is 0 Å². The molecule has 2 amide bonds. The number of anilines is 1. The zero-order valence-corrected chi connectivity index (χ0v) is 14.8. The molecule has 6 nitrogen and oxygen atoms in total. The number of ether oxygens (including phenoxy) is 1. The van der Waals surface area contributed by atoms with E-state index < -0.39 is 53.6 Å². The molecular formula is C19H17F3N2O4. The molecule has 0 radical (unpaired) electrons. The molecule has 0 bridgehead atoms. The number of hydrogen-bond donors (Lipinski definition) is 2. The van der Waals surface area contributed by atoms with Crippen molar-refractivity contribution in [2.45, 2.75) is 19.4 Å². The van der Waals surface area contributed by atoms with Gasteiger partial charge in [-0.05, 0) is 24.6 Å². The Kier molecular flexibility index (Phi) is 7.14. The van der Waals surface area contributed by atoms with Crippen LogP contribution in [-0.4, -0.2) is 30.4 Å². The average Bonchev–Trinajstić information content (AvgIpc) is 2.67. The van der Waals surface area contributed by atoms with Gasteiger partial charge in [0.25, 0.3) is 5.91 Å². The summed E-state index contributed by atoms with van der Waals surface area (Å²) in [5.74, 6) is -6.96. The highest BCUT2D eigenvalue weighted by molar-refractivity contribution is 5.95. The van der Waals surface area contributed by atoms with E-state index in [0.29, 0.717) is 6.07 Å². The van der Waals surface area contributed by atoms with Gasteiger partial charge in [0.2, 0.25) is 5.91 Å². The first-order valence-electron chi connectivity index (χ1n) is 8.22. The smallest absolute Gasteiger partial charge is 0.326 e. The van der Waals surface area contributed by atoms with Gasteiger partial charge in [-0.25, -0.2) is 13.2 Å². The van der Waals surface area contributed by atoms with Crippen LogP contribution >= 0.6 is 0 Å². The summed E-state index contributed by atoms with van der Waals surface area (Å²) >= 11 is 0. The van der Waals surface area contributed by atoms with E-state index in [1.54, 1.807) is 30.3 Å². The lowest BCUT2D eigenvalue weighted by Crippen LogP contribution is -2.36. The van der Waals surface area contributed by atoms with Gasteiger partial charge in [0.05, 0.1) is 12.1 Å². The molecule has 2 aromatic carbocycles. The topological polar surface area (TPSA) is 84.5 Å². The molecule has 1 atom stereocenters. The second kappa shape index (κ2) is 9.54. The summed E-state index contributed by atoms with van der Waals surface area (Å²) in [5.41, 5.74) is 0.164. The van der Waals surface area contributed by atoms with E-state index in [4.69, 9.17) is 4.74 Å². The first-order chi connectivity index (χ1) is 13.3. The lowest BCUT2D eigenvalue weighted by molar-refractivity contribution is -0.152. The van der Waals surface area contributed by atoms with Gasteiger partial charge in [-0.3, -0.25) is 14.4 Å². The van der Waals surface area contributed by atoms with E-state index in [-0.39, 0.29) is 6.42 Å². The molecule has 2 rings (SSSR count). The molecule has 9 heteroatoms. The van der Waals surface area contributed by atoms with Gasteiger partial charge >= 0.3 is 5.97 Å². The van der Waals surface area contributed by atoms with Crippen LogP contribution in [0.4, 0.5) is 18.9 Å². The quantitative estimate of drug-likeness (QED) is 0.558. The summed E-state index contributed by atoms with van der Waals surface area (Å²) in [6.45, 7) is 0.736. The van der Waals surface area contributed by atoms with Gasteiger partial charge in [-0.15, -0.1) is 0 Å². The fourth-order valence-corrected chi connectivity index (χ4v) is 2.16. The van der Waals surface area contributed by atoms with Crippen LogP contribution in [-0.2, 0) is 25.5 Å². The Bertz CT molecular complexity index is 875. The van der Waals surface area contributed by atoms with Gasteiger partial charge in [0.15, 0.2) is 23.6 Å². The second-order valence-electron chi connectivity index (χ2n) is 5.78. The van der Waals surface area contributed by atoms with Crippen LogP contribution in [0.3, 0.4) is 0 Å². The lowest BCUT2D eigenvalue weighted by atomic mass is 10.1. The summed E-state index contributed by atoms with van der Waals surface area (Å²) < 4.78 is 44.4. The Hall–Kier alpha value is -3.36. The van der Waals surface area contributed by atoms with Gasteiger partial charge < -0.3 is 15.4 Å². The molecular weight excluding hydrogens is 377 g/mol. The highest BCUT2D eigenvalue weighted by atomic mass is 19.2. The zero-order chi connectivity index (χ0) is 20.7. The maximum absolute atomic E-state index is 13.6. The highest BCUT2D eigenvalue weighted by Gasteiger charge is 2.21. The standard InChI is InChI=1S/C19H17F3N2O4/c1-11(19(27)24-14-8-7-13(20)17(21)18(14)22)28-16(26)10-23-15(25)9-12-5-3-2-4-6-12/h2-8,11H,9-10H2,1H3,(H,23,25)(H,24,27)/t11-/m0/s1. The fourth-order valence-electron chi connectivity index (χ4n) is 2.16. The van der Waals surface area contributed by atoms with Crippen molar-refractivity contribution < 1.29 is 32.3 Å². The van der Waals surface area contributed by atoms with Crippen molar-refractivity contribution in [3.63, 3.8) is 0 Å². The van der Waals surface area contributed by atoms with E-state index in [9.17, 15) is 27.6 Å². The van der Waals surface area contributed by atoms with Crippen LogP contribution in [0.2, 0.25) is 0 Å². The Morgan fingerprint density at radius 2 is 1.68 bits per heavy atom. The average molecular weight is 394 g/mol. The number of rotatable bonds is 7. The summed E-state index contributed by atoms with van der Waals surface area (Å²) in [6, 6.07) is 10.3. The van der Waals surface area contributed by atoms with Crippen LogP contribution < -0.4 is 10.6 Å². The van der Waals surface area contributed by atoms with Gasteiger partial charge in [-0.1, -0.05) is 30.3 Å². The Labute approximate surface area is 158 Å². The summed E-state index contributed by atoms with van der Waals surface area (Å²) in [4.78, 5) is 35.4. The van der Waals surface area contributed by atoms with Crippen molar-refractivity contribution in [2.24, 2.45) is 0 Å². The molecule has 0 fully saturated rings. The van der Waals surface area contributed by atoms with Crippen molar-refractivity contribution in [1.82, 2.24) is 5.32 Å². The predicted octanol–water partition coefficient (Wildman–Crippen LogP) is 2.33. The van der Waals surface area contributed by atoms with E-state index in [0.717, 1.165) is 11.6 Å². The van der Waals surface area contributed by atoms with Crippen molar-refractivity contribution in [3.8, 4) is 0 Å². The molecule has 2 N–H and O–H groups in total. The maximum atomic E-state index is 13.6. The fraction of sp³-hybridized carbons (Fsp3) is 0.211. The monoisotopic (exact) mass is 394 g/mol. The second-order valence-corrected chi connectivity index (χ2v) is 5.78. The molecule has 2 aromatic rings. The zero-order valence-electron chi connectivity index (χ0n) is 14.8. The normalized spacial score (nSPS) is 11.4. The molecule has 0 unspecified atom stereocenters. The molecule has 0 aromatic heterocycles. The molecule has 0 saturated heterocycles. The van der Waals surface area contributed by atoms with Crippen molar-refractivity contribution >= 4 is 23.5 Å². The largest absolute Gasteiger partial charge is 0.451 e. The van der Waals surface area contributed by atoms with Gasteiger partial charge in [0, 0.05) is 0 Å². The number of carbonyl (C=O) groups is 3. The molecule has 0 spiro atoms. The third-order valence-corrected chi connectivity index (χ3v) is 3.61. The minimum atomic E-state index is -1.73. The third kappa shape index (κ3) is 5.83. The lowest BCUT2D eigenvalue weighted by Gasteiger charge is -2.14. The molecule has 0 aliphatic heterocycles. The Morgan fingerprint density at radius 1 is 1.00 bits per heavy atom. The number of carbonyl (C=O) groups excluding carboxylic acids is 3. The van der Waals surface area contributed by atoms with Crippen molar-refractivity contribution in [3.05, 3.63) is 65.5 Å². The van der Waals surface area contributed by atoms with Crippen LogP contribution in [0.15, 0.2) is 42.5 Å². The molecule has 0 heterocycles. The number of amides is 2. The van der Waals surface area contributed by atoms with E-state index in [1.807, 2.05) is 5.32 Å². The number of hydrogen-bond acceptors (Lipinski definition) is 4. The van der Waals surface area contributed by atoms with E-state index >= 15 is 0 Å². The summed E-state index contributed by atoms with van der Waals surface area (Å²) in [5, 5.41) is 4.35. The molecule has 0 saturated carbocycles. The number of esters is 1. The van der Waals surface area contributed by atoms with Crippen LogP contribution in [0.1, 0.15) is 12.5 Å². The van der Waals surface area contributed by atoms with Crippen molar-refractivity contribution in [1.29, 1.82) is 0 Å². The molecule has 148 valence electrons. The van der Waals surface area contributed by atoms with E-state index in [2.05, 4.69) is 5.32 Å². The highest BCUT2D eigenvalue weighted by Crippen LogP contribution is 2.19. The first kappa shape index (κ1) is 20.9. The third-order valence-electron chi connectivity index (χ3n) is 3.61. The Balaban J connectivity index is 1.80. The van der Waals surface area contributed by atoms with Crippen LogP contribution in [0.25, 0.3) is 0 Å². The Morgan fingerprint density at radius 3 is 2.36 bits per heavy atom. The van der Waals surface area contributed by atoms with E-state index in [1.165, 1.54) is 6.92 Å². The van der Waals surface area contributed by atoms with Crippen molar-refractivity contribution in [2.75, 3.05) is 11.9 Å². The SMILES string of the molecule is C[C@H](OC(=O)CNC(=O)Cc1ccccc1)C(=O)Nc1ccc(F)c(F)c1F. The van der Waals surface area contributed by atoms with Crippen LogP contribution in [0, 0.1) is 17.5 Å². The maximum Gasteiger partial charge on any atom is 0.326 e. The van der Waals surface area contributed by atoms with Gasteiger partial charge in [0.1, 0.15) is 6.54 Å². The molecule has 0 aliphatic rings. The predicted molar refractivity (Wildman–Crippen MR) is 93.7 cm³/mol. The first-order valence-corrected chi connectivity index (χ1v) is 8.22. The number of nitrogens with one attached hydrogen (secondary N) is 2. The number of halogens is 3. The number of benzene rings is 2. The molecule has 0 aliphatic carbocycles. The minimum absolute atomic E-state index is 0.0690. The van der Waals surface area contributed by atoms with Gasteiger partial charge in [-0.2, -0.15) is 0 Å². The molecule has 28 heavy (non-hydrogen) atoms. The minimum Gasteiger partial charge on any atom is -0.451 e. The summed E-state index contributed by atoms with van der Waals surface area (Å²) in [6.07, 6.45) is -1.29.